The van der Waals surface area contributed by atoms with E-state index in [1.807, 2.05) is 4.90 Å². The lowest BCUT2D eigenvalue weighted by Gasteiger charge is -2.28. The number of sulfonamides is 1. The first-order valence-corrected chi connectivity index (χ1v) is 9.36. The Labute approximate surface area is 131 Å². The van der Waals surface area contributed by atoms with Crippen molar-refractivity contribution in [2.24, 2.45) is 0 Å². The zero-order chi connectivity index (χ0) is 15.6. The first-order chi connectivity index (χ1) is 10.6. The summed E-state index contributed by atoms with van der Waals surface area (Å²) in [5.41, 5.74) is 0. The van der Waals surface area contributed by atoms with Gasteiger partial charge in [0, 0.05) is 32.0 Å². The van der Waals surface area contributed by atoms with Crippen LogP contribution in [0.2, 0.25) is 0 Å². The van der Waals surface area contributed by atoms with Crippen LogP contribution in [-0.4, -0.2) is 49.4 Å². The van der Waals surface area contributed by atoms with Crippen molar-refractivity contribution in [3.8, 4) is 5.88 Å². The molecule has 1 aliphatic carbocycles. The highest BCUT2D eigenvalue weighted by molar-refractivity contribution is 7.90. The zero-order valence-electron chi connectivity index (χ0n) is 12.7. The molecule has 1 aromatic rings. The molecular formula is C14H22N4O3S. The number of hydrogen-bond acceptors (Lipinski definition) is 6. The number of ether oxygens (including phenoxy) is 1. The Hall–Kier alpha value is -1.41. The second-order valence-corrected chi connectivity index (χ2v) is 7.80. The van der Waals surface area contributed by atoms with Crippen molar-refractivity contribution in [2.45, 2.75) is 44.0 Å². The highest BCUT2D eigenvalue weighted by Gasteiger charge is 2.35. The smallest absolute Gasteiger partial charge is 0.257 e. The quantitative estimate of drug-likeness (QED) is 0.837. The van der Waals surface area contributed by atoms with Crippen molar-refractivity contribution >= 4 is 15.8 Å². The van der Waals surface area contributed by atoms with Crippen LogP contribution < -0.4 is 14.4 Å². The molecule has 1 unspecified atom stereocenters. The normalized spacial score (nSPS) is 22.6. The Morgan fingerprint density at radius 2 is 2.09 bits per heavy atom. The molecular weight excluding hydrogens is 304 g/mol. The Kier molecular flexibility index (Phi) is 4.49. The molecule has 8 heteroatoms. The van der Waals surface area contributed by atoms with E-state index in [4.69, 9.17) is 4.74 Å². The van der Waals surface area contributed by atoms with Crippen molar-refractivity contribution in [3.63, 3.8) is 0 Å². The molecule has 1 aromatic heterocycles. The van der Waals surface area contributed by atoms with E-state index < -0.39 is 15.3 Å². The molecule has 3 rings (SSSR count). The van der Waals surface area contributed by atoms with Crippen LogP contribution in [0.15, 0.2) is 12.4 Å². The van der Waals surface area contributed by atoms with Crippen molar-refractivity contribution in [3.05, 3.63) is 12.4 Å². The second-order valence-electron chi connectivity index (χ2n) is 5.76. The summed E-state index contributed by atoms with van der Waals surface area (Å²) in [6.45, 7) is 3.28. The summed E-state index contributed by atoms with van der Waals surface area (Å²) in [7, 11) is -3.26. The zero-order valence-corrected chi connectivity index (χ0v) is 13.6. The van der Waals surface area contributed by atoms with E-state index in [1.54, 1.807) is 19.3 Å². The Morgan fingerprint density at radius 1 is 1.32 bits per heavy atom. The maximum Gasteiger partial charge on any atom is 0.257 e. The molecule has 0 radical (unpaired) electrons. The minimum atomic E-state index is -3.26. The van der Waals surface area contributed by atoms with E-state index >= 15 is 0 Å². The third kappa shape index (κ3) is 3.17. The highest BCUT2D eigenvalue weighted by atomic mass is 32.2. The number of nitrogens with one attached hydrogen (secondary N) is 1. The van der Waals surface area contributed by atoms with Crippen molar-refractivity contribution < 1.29 is 13.2 Å². The van der Waals surface area contributed by atoms with Gasteiger partial charge in [-0.1, -0.05) is 6.92 Å². The molecule has 1 saturated carbocycles. The summed E-state index contributed by atoms with van der Waals surface area (Å²) in [5.74, 6) is 1.18. The number of anilines is 1. The summed E-state index contributed by atoms with van der Waals surface area (Å²) < 4.78 is 32.7. The molecule has 122 valence electrons. The topological polar surface area (TPSA) is 84.4 Å². The summed E-state index contributed by atoms with van der Waals surface area (Å²) in [4.78, 5) is 10.6. The predicted molar refractivity (Wildman–Crippen MR) is 83.5 cm³/mol. The van der Waals surface area contributed by atoms with Crippen molar-refractivity contribution in [1.82, 2.24) is 14.7 Å². The summed E-state index contributed by atoms with van der Waals surface area (Å²) in [6.07, 6.45) is 7.33. The van der Waals surface area contributed by atoms with Gasteiger partial charge in [-0.15, -0.1) is 0 Å². The molecule has 2 fully saturated rings. The predicted octanol–water partition coefficient (Wildman–Crippen LogP) is 0.926. The molecule has 0 aromatic carbocycles. The second kappa shape index (κ2) is 6.37. The number of rotatable bonds is 6. The molecule has 0 amide bonds. The molecule has 1 atom stereocenters. The maximum absolute atomic E-state index is 12.1. The van der Waals surface area contributed by atoms with Gasteiger partial charge in [0.25, 0.3) is 5.88 Å². The Morgan fingerprint density at radius 3 is 2.77 bits per heavy atom. The third-order valence-corrected chi connectivity index (χ3v) is 6.16. The average molecular weight is 326 g/mol. The lowest BCUT2D eigenvalue weighted by molar-refractivity contribution is 0.114. The number of aromatic nitrogens is 2. The van der Waals surface area contributed by atoms with E-state index in [9.17, 15) is 8.42 Å². The fraction of sp³-hybridized carbons (Fsp3) is 0.714. The standard InChI is InChI=1S/C14H22N4O3S/c1-2-17-22(19,20)12-6-9-18(10-12)13-14(16-8-7-15-13)21-11-4-3-5-11/h7-8,11-12,17H,2-6,9-10H2,1H3. The molecule has 22 heavy (non-hydrogen) atoms. The van der Waals surface area contributed by atoms with E-state index in [1.165, 1.54) is 6.42 Å². The van der Waals surface area contributed by atoms with Gasteiger partial charge in [-0.3, -0.25) is 0 Å². The maximum atomic E-state index is 12.1. The first kappa shape index (κ1) is 15.5. The molecule has 1 aliphatic heterocycles. The van der Waals surface area contributed by atoms with Gasteiger partial charge in [-0.05, 0) is 25.7 Å². The van der Waals surface area contributed by atoms with Gasteiger partial charge in [-0.2, -0.15) is 0 Å². The van der Waals surface area contributed by atoms with Crippen LogP contribution in [-0.2, 0) is 10.0 Å². The summed E-state index contributed by atoms with van der Waals surface area (Å²) in [5, 5.41) is -0.411. The van der Waals surface area contributed by atoms with Crippen LogP contribution >= 0.6 is 0 Å². The van der Waals surface area contributed by atoms with Gasteiger partial charge in [0.2, 0.25) is 10.0 Å². The molecule has 0 spiro atoms. The van der Waals surface area contributed by atoms with E-state index in [2.05, 4.69) is 14.7 Å². The molecule has 0 bridgehead atoms. The van der Waals surface area contributed by atoms with Gasteiger partial charge < -0.3 is 9.64 Å². The van der Waals surface area contributed by atoms with E-state index in [0.717, 1.165) is 12.8 Å². The first-order valence-electron chi connectivity index (χ1n) is 7.81. The van der Waals surface area contributed by atoms with Gasteiger partial charge in [0.05, 0.1) is 5.25 Å². The number of nitrogens with zero attached hydrogens (tertiary/aromatic N) is 3. The molecule has 7 nitrogen and oxygen atoms in total. The lowest BCUT2D eigenvalue weighted by Crippen LogP contribution is -2.36. The van der Waals surface area contributed by atoms with Gasteiger partial charge in [0.1, 0.15) is 6.10 Å². The monoisotopic (exact) mass is 326 g/mol. The van der Waals surface area contributed by atoms with Crippen molar-refractivity contribution in [1.29, 1.82) is 0 Å². The largest absolute Gasteiger partial charge is 0.472 e. The Balaban J connectivity index is 1.72. The summed E-state index contributed by atoms with van der Waals surface area (Å²) >= 11 is 0. The van der Waals surface area contributed by atoms with E-state index in [-0.39, 0.29) is 6.10 Å². The van der Waals surface area contributed by atoms with Crippen LogP contribution in [0.5, 0.6) is 5.88 Å². The van der Waals surface area contributed by atoms with Crippen molar-refractivity contribution in [2.75, 3.05) is 24.5 Å². The van der Waals surface area contributed by atoms with Gasteiger partial charge in [-0.25, -0.2) is 23.1 Å². The fourth-order valence-electron chi connectivity index (χ4n) is 2.76. The minimum absolute atomic E-state index is 0.222. The minimum Gasteiger partial charge on any atom is -0.472 e. The third-order valence-electron chi connectivity index (χ3n) is 4.21. The SMILES string of the molecule is CCNS(=O)(=O)C1CCN(c2nccnc2OC2CCC2)C1. The number of hydrogen-bond donors (Lipinski definition) is 1. The van der Waals surface area contributed by atoms with E-state index in [0.29, 0.717) is 37.8 Å². The Bertz CT molecular complexity index is 618. The van der Waals surface area contributed by atoms with Gasteiger partial charge in [0.15, 0.2) is 5.82 Å². The lowest BCUT2D eigenvalue weighted by atomic mass is 9.96. The molecule has 2 heterocycles. The van der Waals surface area contributed by atoms with Crippen LogP contribution in [0.4, 0.5) is 5.82 Å². The molecule has 2 aliphatic rings. The average Bonchev–Trinajstić information content (AvgIpc) is 2.94. The molecule has 1 saturated heterocycles. The van der Waals surface area contributed by atoms with Gasteiger partial charge >= 0.3 is 0 Å². The van der Waals surface area contributed by atoms with Crippen LogP contribution in [0.3, 0.4) is 0 Å². The van der Waals surface area contributed by atoms with Crippen LogP contribution in [0.25, 0.3) is 0 Å². The van der Waals surface area contributed by atoms with Crippen LogP contribution in [0.1, 0.15) is 32.6 Å². The van der Waals surface area contributed by atoms with Crippen LogP contribution in [0, 0.1) is 0 Å². The fourth-order valence-corrected chi connectivity index (χ4v) is 4.19. The molecule has 1 N–H and O–H groups in total. The highest BCUT2D eigenvalue weighted by Crippen LogP contribution is 2.31. The summed E-state index contributed by atoms with van der Waals surface area (Å²) in [6, 6.07) is 0.